The molecule has 0 saturated carbocycles. The van der Waals surface area contributed by atoms with E-state index in [4.69, 9.17) is 0 Å². The molecule has 4 aromatic rings. The standard InChI is InChI=1S/C25H20N2O3/c1-26-20-14-8-7-13-19(20)22(23(26)16-9-3-2-4-10-16)24-17-11-5-6-12-18(17)25(30)27(24)15-21(28)29/h2-14,24H,15H2,1H3,(H,28,29)/p-1/t24-/m0/s1. The molecule has 1 aliphatic heterocycles. The summed E-state index contributed by atoms with van der Waals surface area (Å²) in [4.78, 5) is 26.1. The van der Waals surface area contributed by atoms with Gasteiger partial charge in [0.15, 0.2) is 0 Å². The number of aromatic nitrogens is 1. The minimum absolute atomic E-state index is 0.285. The Hall–Kier alpha value is -3.86. The van der Waals surface area contributed by atoms with Crippen molar-refractivity contribution in [3.05, 3.63) is 95.6 Å². The van der Waals surface area contributed by atoms with Crippen molar-refractivity contribution in [2.45, 2.75) is 6.04 Å². The van der Waals surface area contributed by atoms with Gasteiger partial charge in [0, 0.05) is 29.1 Å². The van der Waals surface area contributed by atoms with Gasteiger partial charge < -0.3 is 19.4 Å². The molecule has 0 bridgehead atoms. The monoisotopic (exact) mass is 395 g/mol. The van der Waals surface area contributed by atoms with Gasteiger partial charge >= 0.3 is 0 Å². The second-order valence-electron chi connectivity index (χ2n) is 7.50. The van der Waals surface area contributed by atoms with Crippen LogP contribution in [0.2, 0.25) is 0 Å². The van der Waals surface area contributed by atoms with E-state index in [1.807, 2.05) is 73.8 Å². The molecule has 3 aromatic carbocycles. The van der Waals surface area contributed by atoms with Crippen LogP contribution in [-0.4, -0.2) is 27.9 Å². The van der Waals surface area contributed by atoms with Crippen molar-refractivity contribution in [3.8, 4) is 11.3 Å². The van der Waals surface area contributed by atoms with Crippen LogP contribution in [0.3, 0.4) is 0 Å². The second-order valence-corrected chi connectivity index (χ2v) is 7.50. The Kier molecular flexibility index (Phi) is 4.17. The van der Waals surface area contributed by atoms with Gasteiger partial charge in [-0.1, -0.05) is 66.7 Å². The average molecular weight is 395 g/mol. The predicted octanol–water partition coefficient (Wildman–Crippen LogP) is 3.14. The fourth-order valence-electron chi connectivity index (χ4n) is 4.63. The molecule has 148 valence electrons. The molecule has 1 atom stereocenters. The first-order valence-corrected chi connectivity index (χ1v) is 9.80. The number of nitrogens with zero attached hydrogens (tertiary/aromatic N) is 2. The third-order valence-electron chi connectivity index (χ3n) is 5.82. The minimum Gasteiger partial charge on any atom is -0.548 e. The molecule has 1 aromatic heterocycles. The van der Waals surface area contributed by atoms with Gasteiger partial charge in [-0.25, -0.2) is 0 Å². The molecule has 5 rings (SSSR count). The first-order chi connectivity index (χ1) is 14.6. The number of carbonyl (C=O) groups excluding carboxylic acids is 2. The Morgan fingerprint density at radius 1 is 0.933 bits per heavy atom. The maximum Gasteiger partial charge on any atom is 0.255 e. The molecule has 2 heterocycles. The summed E-state index contributed by atoms with van der Waals surface area (Å²) < 4.78 is 2.11. The highest BCUT2D eigenvalue weighted by molar-refractivity contribution is 6.03. The van der Waals surface area contributed by atoms with Gasteiger partial charge in [-0.05, 0) is 23.3 Å². The molecule has 30 heavy (non-hydrogen) atoms. The van der Waals surface area contributed by atoms with Crippen molar-refractivity contribution in [1.29, 1.82) is 0 Å². The molecule has 0 fully saturated rings. The third kappa shape index (κ3) is 2.63. The smallest absolute Gasteiger partial charge is 0.255 e. The Morgan fingerprint density at radius 2 is 1.60 bits per heavy atom. The van der Waals surface area contributed by atoms with E-state index >= 15 is 0 Å². The third-order valence-corrected chi connectivity index (χ3v) is 5.82. The fourth-order valence-corrected chi connectivity index (χ4v) is 4.63. The molecule has 5 heteroatoms. The summed E-state index contributed by atoms with van der Waals surface area (Å²) in [5, 5.41) is 12.5. The van der Waals surface area contributed by atoms with Crippen LogP contribution in [0.4, 0.5) is 0 Å². The topological polar surface area (TPSA) is 65.4 Å². The van der Waals surface area contributed by atoms with Gasteiger partial charge in [0.2, 0.25) is 0 Å². The van der Waals surface area contributed by atoms with E-state index in [0.717, 1.165) is 33.3 Å². The number of aryl methyl sites for hydroxylation is 1. The maximum atomic E-state index is 13.1. The summed E-state index contributed by atoms with van der Waals surface area (Å²) in [6.45, 7) is -0.463. The van der Waals surface area contributed by atoms with Crippen LogP contribution < -0.4 is 5.11 Å². The van der Waals surface area contributed by atoms with E-state index in [-0.39, 0.29) is 5.91 Å². The molecule has 1 aliphatic rings. The quantitative estimate of drug-likeness (QED) is 0.533. The van der Waals surface area contributed by atoms with Gasteiger partial charge in [-0.3, -0.25) is 4.79 Å². The maximum absolute atomic E-state index is 13.1. The van der Waals surface area contributed by atoms with Crippen LogP contribution in [-0.2, 0) is 11.8 Å². The Labute approximate surface area is 173 Å². The van der Waals surface area contributed by atoms with Crippen molar-refractivity contribution in [1.82, 2.24) is 9.47 Å². The highest BCUT2D eigenvalue weighted by Crippen LogP contribution is 2.46. The lowest BCUT2D eigenvalue weighted by atomic mass is 9.93. The normalized spacial score (nSPS) is 15.6. The van der Waals surface area contributed by atoms with Crippen LogP contribution in [0.15, 0.2) is 78.9 Å². The SMILES string of the molecule is Cn1c(-c2ccccc2)c([C@@H]2c3ccccc3C(=O)N2CC(=O)[O-])c2ccccc21. The molecule has 0 aliphatic carbocycles. The lowest BCUT2D eigenvalue weighted by Gasteiger charge is -2.27. The van der Waals surface area contributed by atoms with Crippen LogP contribution >= 0.6 is 0 Å². The molecule has 0 saturated heterocycles. The van der Waals surface area contributed by atoms with Gasteiger partial charge in [-0.15, -0.1) is 0 Å². The highest BCUT2D eigenvalue weighted by Gasteiger charge is 2.40. The number of amides is 1. The average Bonchev–Trinajstić information content (AvgIpc) is 3.20. The van der Waals surface area contributed by atoms with E-state index < -0.39 is 18.6 Å². The lowest BCUT2D eigenvalue weighted by molar-refractivity contribution is -0.305. The van der Waals surface area contributed by atoms with Crippen molar-refractivity contribution in [2.24, 2.45) is 7.05 Å². The van der Waals surface area contributed by atoms with E-state index in [2.05, 4.69) is 4.57 Å². The fraction of sp³-hybridized carbons (Fsp3) is 0.120. The summed E-state index contributed by atoms with van der Waals surface area (Å²) in [5.74, 6) is -1.56. The van der Waals surface area contributed by atoms with Crippen molar-refractivity contribution < 1.29 is 14.7 Å². The minimum atomic E-state index is -1.28. The molecule has 0 spiro atoms. The molecule has 5 nitrogen and oxygen atoms in total. The number of fused-ring (bicyclic) bond motifs is 2. The first-order valence-electron chi connectivity index (χ1n) is 9.80. The lowest BCUT2D eigenvalue weighted by Crippen LogP contribution is -2.40. The summed E-state index contributed by atoms with van der Waals surface area (Å²) >= 11 is 0. The zero-order valence-corrected chi connectivity index (χ0v) is 16.4. The molecular formula is C25H19N2O3-. The van der Waals surface area contributed by atoms with Crippen LogP contribution in [0.25, 0.3) is 22.2 Å². The Morgan fingerprint density at radius 3 is 2.37 bits per heavy atom. The van der Waals surface area contributed by atoms with Crippen LogP contribution in [0, 0.1) is 0 Å². The number of carbonyl (C=O) groups is 2. The highest BCUT2D eigenvalue weighted by atomic mass is 16.4. The van der Waals surface area contributed by atoms with Gasteiger partial charge in [-0.2, -0.15) is 0 Å². The summed E-state index contributed by atoms with van der Waals surface area (Å²) in [6.07, 6.45) is 0. The van der Waals surface area contributed by atoms with Gasteiger partial charge in [0.25, 0.3) is 5.91 Å². The Balaban J connectivity index is 1.86. The van der Waals surface area contributed by atoms with Crippen LogP contribution in [0.5, 0.6) is 0 Å². The summed E-state index contributed by atoms with van der Waals surface area (Å²) in [7, 11) is 2.00. The first kappa shape index (κ1) is 18.2. The molecule has 0 unspecified atom stereocenters. The summed E-state index contributed by atoms with van der Waals surface area (Å²) in [5.41, 5.74) is 5.29. The van der Waals surface area contributed by atoms with Gasteiger partial charge in [0.1, 0.15) is 0 Å². The van der Waals surface area contributed by atoms with E-state index in [9.17, 15) is 14.7 Å². The molecule has 0 N–H and O–H groups in total. The summed E-state index contributed by atoms with van der Waals surface area (Å²) in [6, 6.07) is 24.8. The molecule has 0 radical (unpaired) electrons. The van der Waals surface area contributed by atoms with Crippen molar-refractivity contribution >= 4 is 22.8 Å². The Bertz CT molecular complexity index is 1290. The van der Waals surface area contributed by atoms with Crippen molar-refractivity contribution in [2.75, 3.05) is 6.54 Å². The van der Waals surface area contributed by atoms with Crippen molar-refractivity contribution in [3.63, 3.8) is 0 Å². The predicted molar refractivity (Wildman–Crippen MR) is 113 cm³/mol. The number of hydrogen-bond acceptors (Lipinski definition) is 3. The molecule has 1 amide bonds. The number of para-hydroxylation sites is 1. The molecular weight excluding hydrogens is 376 g/mol. The number of rotatable bonds is 4. The zero-order chi connectivity index (χ0) is 20.8. The zero-order valence-electron chi connectivity index (χ0n) is 16.4. The second kappa shape index (κ2) is 6.88. The number of hydrogen-bond donors (Lipinski definition) is 0. The van der Waals surface area contributed by atoms with Gasteiger partial charge in [0.05, 0.1) is 24.2 Å². The number of carboxylic acids is 1. The van der Waals surface area contributed by atoms with E-state index in [1.165, 1.54) is 4.90 Å². The largest absolute Gasteiger partial charge is 0.548 e. The number of carboxylic acid groups (broad SMARTS) is 1. The van der Waals surface area contributed by atoms with E-state index in [1.54, 1.807) is 12.1 Å². The van der Waals surface area contributed by atoms with E-state index in [0.29, 0.717) is 5.56 Å². The number of benzene rings is 3. The number of aliphatic carboxylic acids is 1. The van der Waals surface area contributed by atoms with Crippen LogP contribution in [0.1, 0.15) is 27.5 Å².